The van der Waals surface area contributed by atoms with Crippen molar-refractivity contribution in [2.45, 2.75) is 72.3 Å². The number of carbonyl (C=O) groups is 1. The van der Waals surface area contributed by atoms with Gasteiger partial charge in [0.1, 0.15) is 0 Å². The predicted molar refractivity (Wildman–Crippen MR) is 164 cm³/mol. The Morgan fingerprint density at radius 2 is 1.74 bits per heavy atom. The Hall–Kier alpha value is -2.76. The van der Waals surface area contributed by atoms with Crippen molar-refractivity contribution in [2.24, 2.45) is 0 Å². The first-order valence-electron chi connectivity index (χ1n) is 14.1. The minimum Gasteiger partial charge on any atom is -0.380 e. The lowest BCUT2D eigenvalue weighted by Gasteiger charge is -2.37. The van der Waals surface area contributed by atoms with E-state index in [1.165, 1.54) is 43.4 Å². The van der Waals surface area contributed by atoms with E-state index in [0.717, 1.165) is 46.2 Å². The smallest absolute Gasteiger partial charge is 0.262 e. The van der Waals surface area contributed by atoms with Crippen LogP contribution in [0.4, 0.5) is 11.4 Å². The summed E-state index contributed by atoms with van der Waals surface area (Å²) < 4.78 is 0. The van der Waals surface area contributed by atoms with Crippen molar-refractivity contribution in [3.8, 4) is 0 Å². The number of rotatable bonds is 9. The van der Waals surface area contributed by atoms with Gasteiger partial charge in [-0.1, -0.05) is 62.1 Å². The first-order valence-corrected chi connectivity index (χ1v) is 14.4. The second-order valence-electron chi connectivity index (χ2n) is 10.1. The molecule has 206 valence electrons. The molecule has 1 saturated carbocycles. The van der Waals surface area contributed by atoms with Crippen molar-refractivity contribution in [3.05, 3.63) is 76.0 Å². The van der Waals surface area contributed by atoms with Crippen LogP contribution >= 0.6 is 11.6 Å². The van der Waals surface area contributed by atoms with Crippen LogP contribution in [0.15, 0.2) is 59.8 Å². The van der Waals surface area contributed by atoms with Gasteiger partial charge in [0, 0.05) is 52.5 Å². The molecule has 38 heavy (non-hydrogen) atoms. The SMILES string of the molecule is CCC=C(NCC1=C(C)N(c2ccccc2)C1=O)c1cc(Cl)cc(N(CC)C2CCCCC2)c1C.CNC. The number of halogens is 1. The Bertz CT molecular complexity index is 1140. The minimum absolute atomic E-state index is 0.0648. The number of allylic oxidation sites excluding steroid dienone is 2. The van der Waals surface area contributed by atoms with E-state index in [1.54, 1.807) is 4.90 Å². The van der Waals surface area contributed by atoms with Gasteiger partial charge in [-0.25, -0.2) is 0 Å². The van der Waals surface area contributed by atoms with Gasteiger partial charge in [0.25, 0.3) is 5.91 Å². The summed E-state index contributed by atoms with van der Waals surface area (Å²) in [7, 11) is 3.75. The molecule has 0 aromatic heterocycles. The zero-order valence-corrected chi connectivity index (χ0v) is 24.8. The lowest BCUT2D eigenvalue weighted by Crippen LogP contribution is -2.44. The van der Waals surface area contributed by atoms with Crippen LogP contribution in [0.5, 0.6) is 0 Å². The maximum Gasteiger partial charge on any atom is 0.262 e. The third kappa shape index (κ3) is 6.81. The number of hydrogen-bond acceptors (Lipinski definition) is 4. The van der Waals surface area contributed by atoms with Crippen LogP contribution in [0.3, 0.4) is 0 Å². The lowest BCUT2D eigenvalue weighted by molar-refractivity contribution is -0.116. The third-order valence-corrected chi connectivity index (χ3v) is 7.63. The van der Waals surface area contributed by atoms with Gasteiger partial charge < -0.3 is 15.5 Å². The van der Waals surface area contributed by atoms with E-state index >= 15 is 0 Å². The van der Waals surface area contributed by atoms with Crippen molar-refractivity contribution in [2.75, 3.05) is 37.0 Å². The highest BCUT2D eigenvalue weighted by Gasteiger charge is 2.34. The number of para-hydroxylation sites is 1. The first kappa shape index (κ1) is 29.8. The summed E-state index contributed by atoms with van der Waals surface area (Å²) in [5.41, 5.74) is 7.38. The Morgan fingerprint density at radius 1 is 1.08 bits per heavy atom. The summed E-state index contributed by atoms with van der Waals surface area (Å²) in [4.78, 5) is 17.3. The lowest BCUT2D eigenvalue weighted by atomic mass is 9.92. The molecule has 0 bridgehead atoms. The van der Waals surface area contributed by atoms with Crippen LogP contribution < -0.4 is 20.4 Å². The summed E-state index contributed by atoms with van der Waals surface area (Å²) >= 11 is 6.69. The zero-order valence-electron chi connectivity index (χ0n) is 24.0. The summed E-state index contributed by atoms with van der Waals surface area (Å²) in [6.45, 7) is 10.1. The fourth-order valence-electron chi connectivity index (χ4n) is 5.54. The molecule has 0 atom stereocenters. The van der Waals surface area contributed by atoms with Crippen molar-refractivity contribution in [1.29, 1.82) is 0 Å². The Kier molecular flexibility index (Phi) is 11.3. The molecule has 0 spiro atoms. The average Bonchev–Trinajstić information content (AvgIpc) is 2.92. The molecule has 1 amide bonds. The van der Waals surface area contributed by atoms with E-state index in [0.29, 0.717) is 12.6 Å². The van der Waals surface area contributed by atoms with Crippen molar-refractivity contribution in [1.82, 2.24) is 10.6 Å². The topological polar surface area (TPSA) is 47.6 Å². The van der Waals surface area contributed by atoms with Gasteiger partial charge in [-0.2, -0.15) is 0 Å². The van der Waals surface area contributed by atoms with Crippen LogP contribution in [-0.2, 0) is 4.79 Å². The number of nitrogens with one attached hydrogen (secondary N) is 2. The van der Waals surface area contributed by atoms with Crippen molar-refractivity contribution in [3.63, 3.8) is 0 Å². The van der Waals surface area contributed by atoms with E-state index < -0.39 is 0 Å². The standard InChI is InChI=1S/C30H38ClN3O.C2H7N/c1-5-13-28(32-20-27-22(4)34(30(27)35)25-16-11-8-12-17-25)26-18-23(31)19-29(21(26)3)33(6-2)24-14-9-7-10-15-24;1-3-2/h8,11-13,16-19,24,32H,5-7,9-10,14-15,20H2,1-4H3;3H,1-2H3. The van der Waals surface area contributed by atoms with Crippen LogP contribution in [0.2, 0.25) is 5.02 Å². The molecule has 4 rings (SSSR count). The van der Waals surface area contributed by atoms with Gasteiger partial charge in [0.15, 0.2) is 0 Å². The van der Waals surface area contributed by atoms with Crippen molar-refractivity contribution >= 4 is 34.6 Å². The molecule has 0 unspecified atom stereocenters. The number of carbonyl (C=O) groups excluding carboxylic acids is 1. The van der Waals surface area contributed by atoms with Crippen LogP contribution in [0, 0.1) is 6.92 Å². The molecular weight excluding hydrogens is 492 g/mol. The molecule has 6 heteroatoms. The van der Waals surface area contributed by atoms with Crippen LogP contribution in [-0.4, -0.2) is 39.1 Å². The van der Waals surface area contributed by atoms with Gasteiger partial charge in [-0.15, -0.1) is 0 Å². The number of hydrogen-bond donors (Lipinski definition) is 2. The highest BCUT2D eigenvalue weighted by atomic mass is 35.5. The monoisotopic (exact) mass is 536 g/mol. The summed E-state index contributed by atoms with van der Waals surface area (Å²) in [6, 6.07) is 14.6. The van der Waals surface area contributed by atoms with Gasteiger partial charge in [0.2, 0.25) is 0 Å². The fraction of sp³-hybridized carbons (Fsp3) is 0.469. The molecule has 1 aliphatic heterocycles. The normalized spacial score (nSPS) is 16.1. The van der Waals surface area contributed by atoms with E-state index in [2.05, 4.69) is 54.5 Å². The predicted octanol–water partition coefficient (Wildman–Crippen LogP) is 7.30. The molecular formula is C32H45ClN4O. The molecule has 2 aromatic rings. The van der Waals surface area contributed by atoms with Crippen LogP contribution in [0.25, 0.3) is 5.70 Å². The second kappa shape index (κ2) is 14.4. The molecule has 5 nitrogen and oxygen atoms in total. The molecule has 1 aliphatic carbocycles. The molecule has 0 saturated heterocycles. The summed E-state index contributed by atoms with van der Waals surface area (Å²) in [5.74, 6) is 0.0648. The van der Waals surface area contributed by atoms with E-state index in [4.69, 9.17) is 11.6 Å². The fourth-order valence-corrected chi connectivity index (χ4v) is 5.75. The largest absolute Gasteiger partial charge is 0.380 e. The molecule has 1 heterocycles. The molecule has 2 N–H and O–H groups in total. The van der Waals surface area contributed by atoms with E-state index in [9.17, 15) is 4.79 Å². The minimum atomic E-state index is 0.0648. The molecule has 2 aromatic carbocycles. The zero-order chi connectivity index (χ0) is 27.7. The second-order valence-corrected chi connectivity index (χ2v) is 10.5. The summed E-state index contributed by atoms with van der Waals surface area (Å²) in [5, 5.41) is 7.09. The van der Waals surface area contributed by atoms with Gasteiger partial charge in [0.05, 0.1) is 5.57 Å². The number of amides is 1. The highest BCUT2D eigenvalue weighted by molar-refractivity contribution is 6.31. The highest BCUT2D eigenvalue weighted by Crippen LogP contribution is 2.36. The van der Waals surface area contributed by atoms with Gasteiger partial charge in [-0.3, -0.25) is 9.69 Å². The van der Waals surface area contributed by atoms with Gasteiger partial charge in [-0.05, 0) is 84.0 Å². The Balaban J connectivity index is 0.00000127. The average molecular weight is 537 g/mol. The van der Waals surface area contributed by atoms with Crippen LogP contribution in [0.1, 0.15) is 70.4 Å². The quantitative estimate of drug-likeness (QED) is 0.353. The Labute approximate surface area is 234 Å². The van der Waals surface area contributed by atoms with E-state index in [-0.39, 0.29) is 5.91 Å². The summed E-state index contributed by atoms with van der Waals surface area (Å²) in [6.07, 6.45) is 9.55. The first-order chi connectivity index (χ1) is 18.4. The maximum absolute atomic E-state index is 12.9. The number of benzene rings is 2. The van der Waals surface area contributed by atoms with Gasteiger partial charge >= 0.3 is 0 Å². The number of anilines is 2. The maximum atomic E-state index is 12.9. The molecule has 0 radical (unpaired) electrons. The molecule has 2 aliphatic rings. The third-order valence-electron chi connectivity index (χ3n) is 7.41. The number of nitrogens with zero attached hydrogens (tertiary/aromatic N) is 2. The molecule has 1 fully saturated rings. The van der Waals surface area contributed by atoms with Crippen molar-refractivity contribution < 1.29 is 4.79 Å². The Morgan fingerprint density at radius 3 is 2.32 bits per heavy atom. The van der Waals surface area contributed by atoms with E-state index in [1.807, 2.05) is 51.4 Å².